The summed E-state index contributed by atoms with van der Waals surface area (Å²) in [4.78, 5) is 10.0. The van der Waals surface area contributed by atoms with Crippen LogP contribution in [0.1, 0.15) is 39.0 Å². The Morgan fingerprint density at radius 3 is 2.69 bits per heavy atom. The normalized spacial score (nSPS) is 12.0. The van der Waals surface area contributed by atoms with Crippen molar-refractivity contribution in [2.45, 2.75) is 39.0 Å². The van der Waals surface area contributed by atoms with Crippen molar-refractivity contribution in [1.82, 2.24) is 0 Å². The van der Waals surface area contributed by atoms with Gasteiger partial charge in [-0.15, -0.1) is 0 Å². The van der Waals surface area contributed by atoms with E-state index < -0.39 is 0 Å². The lowest BCUT2D eigenvalue weighted by atomic mass is 9.97. The smallest absolute Gasteiger partial charge is 0.206 e. The summed E-state index contributed by atoms with van der Waals surface area (Å²) in [5.74, 6) is 0.161. The first-order valence-corrected chi connectivity index (χ1v) is 4.69. The van der Waals surface area contributed by atoms with E-state index >= 15 is 0 Å². The third kappa shape index (κ3) is 7.26. The summed E-state index contributed by atoms with van der Waals surface area (Å²) in [6.45, 7) is 2.08. The van der Waals surface area contributed by atoms with Gasteiger partial charge < -0.3 is 0 Å². The molecule has 74 valence electrons. The number of nitrogens with zero attached hydrogens (tertiary/aromatic N) is 2. The summed E-state index contributed by atoms with van der Waals surface area (Å²) in [7, 11) is 0. The molecule has 0 rings (SSSR count). The van der Waals surface area contributed by atoms with Gasteiger partial charge in [0.05, 0.1) is 6.07 Å². The monoisotopic (exact) mass is 184 g/mol. The zero-order valence-electron chi connectivity index (χ0n) is 8.03. The van der Waals surface area contributed by atoms with Crippen LogP contribution in [0, 0.1) is 27.4 Å². The van der Waals surface area contributed by atoms with Gasteiger partial charge in [-0.25, -0.2) is 0 Å². The third-order valence-electron chi connectivity index (χ3n) is 2.01. The molecule has 13 heavy (non-hydrogen) atoms. The summed E-state index contributed by atoms with van der Waals surface area (Å²) < 4.78 is 0. The minimum atomic E-state index is -0.257. The number of nitro groups is 1. The molecule has 1 unspecified atom stereocenters. The molecule has 0 saturated carbocycles. The highest BCUT2D eigenvalue weighted by atomic mass is 16.6. The van der Waals surface area contributed by atoms with Crippen molar-refractivity contribution in [2.75, 3.05) is 6.54 Å². The van der Waals surface area contributed by atoms with Crippen LogP contribution < -0.4 is 0 Å². The van der Waals surface area contributed by atoms with E-state index in [0.29, 0.717) is 6.42 Å². The van der Waals surface area contributed by atoms with Gasteiger partial charge in [-0.1, -0.05) is 13.3 Å². The fourth-order valence-electron chi connectivity index (χ4n) is 1.42. The zero-order chi connectivity index (χ0) is 10.1. The molecule has 4 nitrogen and oxygen atoms in total. The van der Waals surface area contributed by atoms with E-state index in [4.69, 9.17) is 5.26 Å². The van der Waals surface area contributed by atoms with Crippen LogP contribution in [-0.4, -0.2) is 11.5 Å². The molecule has 0 N–H and O–H groups in total. The fraction of sp³-hybridized carbons (Fsp3) is 0.889. The predicted molar refractivity (Wildman–Crippen MR) is 49.7 cm³/mol. The van der Waals surface area contributed by atoms with Crippen LogP contribution in [0.2, 0.25) is 0 Å². The molecular formula is C9H16N2O2. The molecule has 0 radical (unpaired) electrons. The van der Waals surface area contributed by atoms with Crippen LogP contribution in [-0.2, 0) is 0 Å². The van der Waals surface area contributed by atoms with Gasteiger partial charge in [-0.3, -0.25) is 10.1 Å². The second-order valence-corrected chi connectivity index (χ2v) is 3.22. The van der Waals surface area contributed by atoms with Crippen LogP contribution in [0.3, 0.4) is 0 Å². The van der Waals surface area contributed by atoms with Crippen molar-refractivity contribution >= 4 is 0 Å². The molecule has 0 aromatic heterocycles. The van der Waals surface area contributed by atoms with Crippen molar-refractivity contribution < 1.29 is 4.92 Å². The summed E-state index contributed by atoms with van der Waals surface area (Å²) in [5.41, 5.74) is 0. The molecule has 0 aromatic rings. The Balaban J connectivity index is 3.67. The first-order chi connectivity index (χ1) is 6.20. The molecule has 0 heterocycles. The SMILES string of the molecule is CCCC(CCCC#N)C[N+](=O)[O-]. The minimum Gasteiger partial charge on any atom is -0.265 e. The summed E-state index contributed by atoms with van der Waals surface area (Å²) in [5, 5.41) is 18.6. The highest BCUT2D eigenvalue weighted by Gasteiger charge is 2.13. The zero-order valence-corrected chi connectivity index (χ0v) is 8.03. The second-order valence-electron chi connectivity index (χ2n) is 3.22. The second kappa shape index (κ2) is 7.53. The van der Waals surface area contributed by atoms with Gasteiger partial charge in [0.2, 0.25) is 6.54 Å². The lowest BCUT2D eigenvalue weighted by molar-refractivity contribution is -0.488. The van der Waals surface area contributed by atoms with E-state index in [1.54, 1.807) is 0 Å². The summed E-state index contributed by atoms with van der Waals surface area (Å²) >= 11 is 0. The third-order valence-corrected chi connectivity index (χ3v) is 2.01. The van der Waals surface area contributed by atoms with Gasteiger partial charge in [0.1, 0.15) is 0 Å². The van der Waals surface area contributed by atoms with E-state index in [9.17, 15) is 10.1 Å². The summed E-state index contributed by atoms with van der Waals surface area (Å²) in [6.07, 6.45) is 3.98. The van der Waals surface area contributed by atoms with Crippen LogP contribution >= 0.6 is 0 Å². The van der Waals surface area contributed by atoms with Crippen LogP contribution in [0.4, 0.5) is 0 Å². The topological polar surface area (TPSA) is 66.9 Å². The van der Waals surface area contributed by atoms with Crippen LogP contribution in [0.5, 0.6) is 0 Å². The number of unbranched alkanes of at least 4 members (excludes halogenated alkanes) is 1. The maximum absolute atomic E-state index is 10.3. The molecule has 0 spiro atoms. The Morgan fingerprint density at radius 1 is 1.54 bits per heavy atom. The molecule has 4 heteroatoms. The average molecular weight is 184 g/mol. The van der Waals surface area contributed by atoms with E-state index in [1.165, 1.54) is 0 Å². The Labute approximate surface area is 78.7 Å². The summed E-state index contributed by atoms with van der Waals surface area (Å²) in [6, 6.07) is 2.05. The molecule has 0 bridgehead atoms. The number of hydrogen-bond acceptors (Lipinski definition) is 3. The first-order valence-electron chi connectivity index (χ1n) is 4.69. The molecule has 0 aromatic carbocycles. The maximum Gasteiger partial charge on any atom is 0.206 e. The van der Waals surface area contributed by atoms with E-state index in [2.05, 4.69) is 0 Å². The fourth-order valence-corrected chi connectivity index (χ4v) is 1.42. The Morgan fingerprint density at radius 2 is 2.23 bits per heavy atom. The average Bonchev–Trinajstić information content (AvgIpc) is 2.04. The molecule has 0 amide bonds. The number of nitriles is 1. The van der Waals surface area contributed by atoms with E-state index in [-0.39, 0.29) is 17.4 Å². The first kappa shape index (κ1) is 11.9. The van der Waals surface area contributed by atoms with Crippen molar-refractivity contribution in [3.8, 4) is 6.07 Å². The van der Waals surface area contributed by atoms with Gasteiger partial charge >= 0.3 is 0 Å². The lowest BCUT2D eigenvalue weighted by Crippen LogP contribution is -2.14. The molecule has 0 aliphatic carbocycles. The largest absolute Gasteiger partial charge is 0.265 e. The molecule has 0 aliphatic rings. The van der Waals surface area contributed by atoms with Crippen molar-refractivity contribution in [3.63, 3.8) is 0 Å². The van der Waals surface area contributed by atoms with Crippen molar-refractivity contribution in [2.24, 2.45) is 5.92 Å². The Hall–Kier alpha value is -1.11. The molecule has 1 atom stereocenters. The predicted octanol–water partition coefficient (Wildman–Crippen LogP) is 2.37. The van der Waals surface area contributed by atoms with Crippen molar-refractivity contribution in [1.29, 1.82) is 5.26 Å². The van der Waals surface area contributed by atoms with Crippen molar-refractivity contribution in [3.05, 3.63) is 10.1 Å². The van der Waals surface area contributed by atoms with Gasteiger partial charge in [0, 0.05) is 17.3 Å². The van der Waals surface area contributed by atoms with E-state index in [0.717, 1.165) is 25.7 Å². The van der Waals surface area contributed by atoms with E-state index in [1.807, 2.05) is 13.0 Å². The molecular weight excluding hydrogens is 168 g/mol. The van der Waals surface area contributed by atoms with Crippen LogP contribution in [0.25, 0.3) is 0 Å². The van der Waals surface area contributed by atoms with Gasteiger partial charge in [0.15, 0.2) is 0 Å². The quantitative estimate of drug-likeness (QED) is 0.346. The number of hydrogen-bond donors (Lipinski definition) is 0. The Kier molecular flexibility index (Phi) is 6.89. The standard InChI is InChI=1S/C9H16N2O2/c1-2-5-9(8-11(12)13)6-3-4-7-10/h9H,2-6,8H2,1H3. The minimum absolute atomic E-state index is 0.0548. The van der Waals surface area contributed by atoms with Gasteiger partial charge in [0.25, 0.3) is 0 Å². The van der Waals surface area contributed by atoms with Crippen LogP contribution in [0.15, 0.2) is 0 Å². The van der Waals surface area contributed by atoms with Gasteiger partial charge in [-0.05, 0) is 19.3 Å². The molecule has 0 aliphatic heterocycles. The number of rotatable bonds is 7. The Bertz CT molecular complexity index is 187. The molecule has 0 saturated heterocycles. The maximum atomic E-state index is 10.3. The highest BCUT2D eigenvalue weighted by molar-refractivity contribution is 4.69. The van der Waals surface area contributed by atoms with Gasteiger partial charge in [-0.2, -0.15) is 5.26 Å². The highest BCUT2D eigenvalue weighted by Crippen LogP contribution is 2.14. The lowest BCUT2D eigenvalue weighted by Gasteiger charge is -2.09. The molecule has 0 fully saturated rings.